The Labute approximate surface area is 164 Å². The number of benzene rings is 2. The van der Waals surface area contributed by atoms with Crippen LogP contribution in [-0.4, -0.2) is 34.2 Å². The van der Waals surface area contributed by atoms with Gasteiger partial charge in [-0.3, -0.25) is 14.2 Å². The molecule has 3 rings (SSSR count). The van der Waals surface area contributed by atoms with E-state index in [-0.39, 0.29) is 18.3 Å². The van der Waals surface area contributed by atoms with Crippen molar-refractivity contribution in [3.8, 4) is 11.4 Å². The predicted octanol–water partition coefficient (Wildman–Crippen LogP) is 2.85. The molecule has 9 heteroatoms. The second-order valence-electron chi connectivity index (χ2n) is 5.68. The summed E-state index contributed by atoms with van der Waals surface area (Å²) in [5, 5.41) is 3.38. The minimum Gasteiger partial charge on any atom is -0.484 e. The molecule has 3 aromatic rings. The van der Waals surface area contributed by atoms with Crippen molar-refractivity contribution in [2.75, 3.05) is 18.2 Å². The van der Waals surface area contributed by atoms with Crippen molar-refractivity contribution in [3.63, 3.8) is 0 Å². The Balaban J connectivity index is 1.80. The third kappa shape index (κ3) is 4.49. The summed E-state index contributed by atoms with van der Waals surface area (Å²) in [5.74, 6) is -0.851. The molecule has 2 amide bonds. The number of aromatic nitrogens is 2. The summed E-state index contributed by atoms with van der Waals surface area (Å²) in [6.45, 7) is -0.222. The van der Waals surface area contributed by atoms with Gasteiger partial charge in [-0.15, -0.1) is 0 Å². The number of thioether (sulfide) groups is 1. The highest BCUT2D eigenvalue weighted by atomic mass is 32.2. The van der Waals surface area contributed by atoms with Crippen molar-refractivity contribution in [1.82, 2.24) is 9.55 Å². The molecule has 0 saturated heterocycles. The van der Waals surface area contributed by atoms with Crippen LogP contribution in [0.2, 0.25) is 0 Å². The number of hydrogen-bond donors (Lipinski definition) is 2. The first-order valence-electron chi connectivity index (χ1n) is 8.18. The maximum Gasteiger partial charge on any atom is 0.274 e. The average Bonchev–Trinajstić information content (AvgIpc) is 3.12. The van der Waals surface area contributed by atoms with Gasteiger partial charge >= 0.3 is 0 Å². The van der Waals surface area contributed by atoms with Crippen molar-refractivity contribution in [2.45, 2.75) is 5.16 Å². The molecular weight excluding hydrogens is 383 g/mol. The van der Waals surface area contributed by atoms with Gasteiger partial charge in [0, 0.05) is 11.4 Å². The lowest BCUT2D eigenvalue weighted by Gasteiger charge is -2.12. The minimum atomic E-state index is -0.573. The molecule has 0 aliphatic rings. The zero-order valence-electron chi connectivity index (χ0n) is 14.9. The Morgan fingerprint density at radius 3 is 2.46 bits per heavy atom. The molecule has 28 heavy (non-hydrogen) atoms. The number of nitrogens with one attached hydrogen (secondary N) is 1. The summed E-state index contributed by atoms with van der Waals surface area (Å²) in [7, 11) is 0. The normalized spacial score (nSPS) is 10.5. The van der Waals surface area contributed by atoms with E-state index in [1.165, 1.54) is 30.1 Å². The number of amides is 2. The number of anilines is 1. The van der Waals surface area contributed by atoms with Crippen LogP contribution in [0.3, 0.4) is 0 Å². The van der Waals surface area contributed by atoms with Gasteiger partial charge in [-0.2, -0.15) is 0 Å². The molecule has 0 unspecified atom stereocenters. The number of carbonyl (C=O) groups excluding carboxylic acids is 2. The first-order chi connectivity index (χ1) is 13.5. The maximum absolute atomic E-state index is 13.2. The Morgan fingerprint density at radius 2 is 1.86 bits per heavy atom. The number of nitrogens with zero attached hydrogens (tertiary/aromatic N) is 2. The molecule has 1 heterocycles. The van der Waals surface area contributed by atoms with E-state index in [1.54, 1.807) is 41.0 Å². The molecule has 2 aromatic carbocycles. The topological polar surface area (TPSA) is 99.2 Å². The molecule has 3 N–H and O–H groups in total. The van der Waals surface area contributed by atoms with E-state index in [9.17, 15) is 14.0 Å². The number of primary amides is 1. The smallest absolute Gasteiger partial charge is 0.274 e. The number of carbonyl (C=O) groups is 2. The molecule has 144 valence electrons. The Hall–Kier alpha value is -3.33. The molecule has 0 bridgehead atoms. The van der Waals surface area contributed by atoms with E-state index in [0.29, 0.717) is 28.0 Å². The van der Waals surface area contributed by atoms with Crippen molar-refractivity contribution < 1.29 is 18.7 Å². The summed E-state index contributed by atoms with van der Waals surface area (Å²) in [4.78, 5) is 27.8. The number of nitrogens with two attached hydrogens (primary N) is 1. The van der Waals surface area contributed by atoms with Gasteiger partial charge in [-0.1, -0.05) is 11.8 Å². The van der Waals surface area contributed by atoms with Gasteiger partial charge in [0.25, 0.3) is 11.8 Å². The fraction of sp³-hybridized carbons (Fsp3) is 0.105. The fourth-order valence-electron chi connectivity index (χ4n) is 2.46. The lowest BCUT2D eigenvalue weighted by atomic mass is 10.2. The fourth-order valence-corrected chi connectivity index (χ4v) is 3.01. The number of ether oxygens (including phenoxy) is 1. The molecule has 7 nitrogen and oxygen atoms in total. The molecule has 0 atom stereocenters. The van der Waals surface area contributed by atoms with E-state index in [1.807, 2.05) is 6.26 Å². The number of halogens is 1. The maximum atomic E-state index is 13.2. The standard InChI is InChI=1S/C19H17FN4O3S/c1-28-19-22-10-16(24(19)14-6-2-12(20)3-7-14)18(26)23-13-4-8-15(9-5-13)27-11-17(21)25/h2-10H,11H2,1H3,(H2,21,25)(H,23,26). The molecular formula is C19H17FN4O3S. The van der Waals surface area contributed by atoms with Crippen molar-refractivity contribution in [1.29, 1.82) is 0 Å². The Bertz CT molecular complexity index is 987. The van der Waals surface area contributed by atoms with Gasteiger partial charge < -0.3 is 15.8 Å². The van der Waals surface area contributed by atoms with Crippen molar-refractivity contribution in [3.05, 3.63) is 66.2 Å². The van der Waals surface area contributed by atoms with Crippen LogP contribution in [0.5, 0.6) is 5.75 Å². The summed E-state index contributed by atoms with van der Waals surface area (Å²) < 4.78 is 20.1. The van der Waals surface area contributed by atoms with Crippen LogP contribution in [0, 0.1) is 5.82 Å². The van der Waals surface area contributed by atoms with Crippen molar-refractivity contribution in [2.24, 2.45) is 5.73 Å². The number of rotatable bonds is 7. The lowest BCUT2D eigenvalue weighted by Crippen LogP contribution is -2.20. The van der Waals surface area contributed by atoms with Gasteiger partial charge in [0.05, 0.1) is 6.20 Å². The van der Waals surface area contributed by atoms with Gasteiger partial charge in [0.15, 0.2) is 11.8 Å². The van der Waals surface area contributed by atoms with Crippen LogP contribution in [-0.2, 0) is 4.79 Å². The largest absolute Gasteiger partial charge is 0.484 e. The molecule has 1 aromatic heterocycles. The highest BCUT2D eigenvalue weighted by molar-refractivity contribution is 7.98. The first kappa shape index (κ1) is 19.4. The highest BCUT2D eigenvalue weighted by Gasteiger charge is 2.18. The van der Waals surface area contributed by atoms with Gasteiger partial charge in [-0.05, 0) is 54.8 Å². The molecule has 0 aliphatic carbocycles. The molecule has 0 aliphatic heterocycles. The summed E-state index contributed by atoms with van der Waals surface area (Å²) >= 11 is 1.37. The van der Waals surface area contributed by atoms with Gasteiger partial charge in [0.2, 0.25) is 0 Å². The van der Waals surface area contributed by atoms with Gasteiger partial charge in [-0.25, -0.2) is 9.37 Å². The van der Waals surface area contributed by atoms with E-state index >= 15 is 0 Å². The van der Waals surface area contributed by atoms with E-state index in [2.05, 4.69) is 10.3 Å². The zero-order chi connectivity index (χ0) is 20.1. The van der Waals surface area contributed by atoms with E-state index in [0.717, 1.165) is 0 Å². The quantitative estimate of drug-likeness (QED) is 0.594. The zero-order valence-corrected chi connectivity index (χ0v) is 15.7. The van der Waals surface area contributed by atoms with Crippen LogP contribution >= 0.6 is 11.8 Å². The van der Waals surface area contributed by atoms with Crippen LogP contribution in [0.4, 0.5) is 10.1 Å². The van der Waals surface area contributed by atoms with Crippen LogP contribution in [0.1, 0.15) is 10.5 Å². The van der Waals surface area contributed by atoms with Crippen molar-refractivity contribution >= 4 is 29.3 Å². The highest BCUT2D eigenvalue weighted by Crippen LogP contribution is 2.23. The van der Waals surface area contributed by atoms with Gasteiger partial charge in [0.1, 0.15) is 17.3 Å². The minimum absolute atomic E-state index is 0.222. The summed E-state index contributed by atoms with van der Waals surface area (Å²) in [6, 6.07) is 12.3. The molecule has 0 spiro atoms. The second-order valence-corrected chi connectivity index (χ2v) is 6.45. The monoisotopic (exact) mass is 400 g/mol. The molecule has 0 saturated carbocycles. The molecule has 0 radical (unpaired) electrons. The second kappa shape index (κ2) is 8.57. The average molecular weight is 400 g/mol. The summed E-state index contributed by atoms with van der Waals surface area (Å²) in [5.41, 5.74) is 6.51. The first-order valence-corrected chi connectivity index (χ1v) is 9.40. The summed E-state index contributed by atoms with van der Waals surface area (Å²) in [6.07, 6.45) is 3.31. The SMILES string of the molecule is CSc1ncc(C(=O)Nc2ccc(OCC(N)=O)cc2)n1-c1ccc(F)cc1. The third-order valence-corrected chi connectivity index (χ3v) is 4.38. The number of imidazole rings is 1. The Kier molecular flexibility index (Phi) is 5.95. The third-order valence-electron chi connectivity index (χ3n) is 3.72. The predicted molar refractivity (Wildman–Crippen MR) is 104 cm³/mol. The van der Waals surface area contributed by atoms with Crippen LogP contribution in [0.15, 0.2) is 59.9 Å². The van der Waals surface area contributed by atoms with Crippen LogP contribution < -0.4 is 15.8 Å². The van der Waals surface area contributed by atoms with Crippen LogP contribution in [0.25, 0.3) is 5.69 Å². The molecule has 0 fully saturated rings. The van der Waals surface area contributed by atoms with E-state index in [4.69, 9.17) is 10.5 Å². The Morgan fingerprint density at radius 1 is 1.18 bits per heavy atom. The lowest BCUT2D eigenvalue weighted by molar-refractivity contribution is -0.119. The van der Waals surface area contributed by atoms with E-state index < -0.39 is 5.91 Å². The number of hydrogen-bond acceptors (Lipinski definition) is 5.